The van der Waals surface area contributed by atoms with E-state index in [2.05, 4.69) is 15.4 Å². The van der Waals surface area contributed by atoms with Gasteiger partial charge in [-0.1, -0.05) is 6.07 Å². The lowest BCUT2D eigenvalue weighted by Crippen LogP contribution is -2.29. The number of pyridine rings is 1. The van der Waals surface area contributed by atoms with Gasteiger partial charge >= 0.3 is 5.97 Å². The minimum atomic E-state index is -1.03. The van der Waals surface area contributed by atoms with Gasteiger partial charge in [-0.05, 0) is 31.0 Å². The van der Waals surface area contributed by atoms with Gasteiger partial charge in [0.15, 0.2) is 5.69 Å². The maximum Gasteiger partial charge on any atom is 0.354 e. The summed E-state index contributed by atoms with van der Waals surface area (Å²) in [5, 5.41) is 16.5. The molecule has 7 heteroatoms. The minimum Gasteiger partial charge on any atom is -0.477 e. The maximum absolute atomic E-state index is 11.0. The van der Waals surface area contributed by atoms with Gasteiger partial charge in [-0.3, -0.25) is 4.68 Å². The molecule has 0 spiro atoms. The molecule has 0 aliphatic carbocycles. The highest BCUT2D eigenvalue weighted by atomic mass is 16.5. The van der Waals surface area contributed by atoms with Gasteiger partial charge in [0.05, 0.1) is 5.69 Å². The van der Waals surface area contributed by atoms with Crippen LogP contribution in [0.25, 0.3) is 0 Å². The molecular weight excluding hydrogens is 296 g/mol. The molecule has 2 aromatic heterocycles. The van der Waals surface area contributed by atoms with Crippen molar-refractivity contribution in [3.8, 4) is 0 Å². The zero-order valence-electron chi connectivity index (χ0n) is 13.0. The number of carboxylic acids is 1. The Morgan fingerprint density at radius 1 is 1.48 bits per heavy atom. The molecule has 1 aliphatic heterocycles. The first kappa shape index (κ1) is 15.5. The first-order chi connectivity index (χ1) is 11.1. The molecule has 1 fully saturated rings. The van der Waals surface area contributed by atoms with Crippen LogP contribution in [0.1, 0.15) is 35.1 Å². The Labute approximate surface area is 134 Å². The number of hydrogen-bond donors (Lipinski definition) is 2. The fraction of sp³-hybridized carbons (Fsp3) is 0.438. The van der Waals surface area contributed by atoms with Crippen LogP contribution in [-0.2, 0) is 11.8 Å². The second kappa shape index (κ2) is 6.78. The predicted molar refractivity (Wildman–Crippen MR) is 84.3 cm³/mol. The van der Waals surface area contributed by atoms with Crippen LogP contribution >= 0.6 is 0 Å². The molecule has 2 aromatic rings. The molecule has 23 heavy (non-hydrogen) atoms. The first-order valence-corrected chi connectivity index (χ1v) is 7.69. The number of nitrogens with one attached hydrogen (secondary N) is 1. The number of ether oxygens (including phenoxy) is 1. The van der Waals surface area contributed by atoms with E-state index in [4.69, 9.17) is 9.84 Å². The van der Waals surface area contributed by atoms with Gasteiger partial charge < -0.3 is 15.2 Å². The number of carboxylic acid groups (broad SMARTS) is 1. The van der Waals surface area contributed by atoms with E-state index in [1.54, 1.807) is 18.3 Å². The molecule has 3 heterocycles. The first-order valence-electron chi connectivity index (χ1n) is 7.69. The lowest BCUT2D eigenvalue weighted by molar-refractivity contribution is -0.0284. The van der Waals surface area contributed by atoms with Crippen molar-refractivity contribution in [3.05, 3.63) is 41.9 Å². The Morgan fingerprint density at radius 2 is 2.35 bits per heavy atom. The van der Waals surface area contributed by atoms with Crippen molar-refractivity contribution in [3.63, 3.8) is 0 Å². The SMILES string of the molecule is Cn1nccc1[C@@H]1OCCC[C@H]1CNc1cccc(C(=O)O)n1. The number of carbonyl (C=O) groups is 1. The van der Waals surface area contributed by atoms with E-state index in [0.717, 1.165) is 25.1 Å². The lowest BCUT2D eigenvalue weighted by Gasteiger charge is -2.32. The third-order valence-electron chi connectivity index (χ3n) is 4.11. The van der Waals surface area contributed by atoms with Gasteiger partial charge in [-0.2, -0.15) is 5.10 Å². The summed E-state index contributed by atoms with van der Waals surface area (Å²) >= 11 is 0. The quantitative estimate of drug-likeness (QED) is 0.878. The molecule has 0 amide bonds. The van der Waals surface area contributed by atoms with Gasteiger partial charge in [0, 0.05) is 32.3 Å². The van der Waals surface area contributed by atoms with Gasteiger partial charge in [-0.25, -0.2) is 9.78 Å². The molecule has 7 nitrogen and oxygen atoms in total. The Bertz CT molecular complexity index is 685. The van der Waals surface area contributed by atoms with Crippen molar-refractivity contribution >= 4 is 11.8 Å². The molecule has 0 aromatic carbocycles. The van der Waals surface area contributed by atoms with Crippen LogP contribution in [0.5, 0.6) is 0 Å². The molecule has 2 atom stereocenters. The third-order valence-corrected chi connectivity index (χ3v) is 4.11. The summed E-state index contributed by atoms with van der Waals surface area (Å²) in [5.41, 5.74) is 1.10. The van der Waals surface area contributed by atoms with Crippen molar-refractivity contribution in [2.75, 3.05) is 18.5 Å². The number of aryl methyl sites for hydroxylation is 1. The molecule has 1 aliphatic rings. The number of nitrogens with zero attached hydrogens (tertiary/aromatic N) is 3. The Hall–Kier alpha value is -2.41. The van der Waals surface area contributed by atoms with Crippen LogP contribution in [-0.4, -0.2) is 39.0 Å². The zero-order chi connectivity index (χ0) is 16.2. The average molecular weight is 316 g/mol. The number of rotatable bonds is 5. The van der Waals surface area contributed by atoms with Crippen molar-refractivity contribution in [1.82, 2.24) is 14.8 Å². The zero-order valence-corrected chi connectivity index (χ0v) is 13.0. The molecule has 0 radical (unpaired) electrons. The van der Waals surface area contributed by atoms with E-state index in [0.29, 0.717) is 12.4 Å². The van der Waals surface area contributed by atoms with E-state index in [-0.39, 0.29) is 17.7 Å². The summed E-state index contributed by atoms with van der Waals surface area (Å²) < 4.78 is 7.79. The second-order valence-corrected chi connectivity index (χ2v) is 5.67. The van der Waals surface area contributed by atoms with Gasteiger partial charge in [0.1, 0.15) is 11.9 Å². The van der Waals surface area contributed by atoms with Gasteiger partial charge in [0.2, 0.25) is 0 Å². The van der Waals surface area contributed by atoms with Crippen LogP contribution in [0, 0.1) is 5.92 Å². The topological polar surface area (TPSA) is 89.3 Å². The summed E-state index contributed by atoms with van der Waals surface area (Å²) in [6, 6.07) is 6.92. The number of aromatic nitrogens is 3. The predicted octanol–water partition coefficient (Wildman–Crippen LogP) is 2.09. The van der Waals surface area contributed by atoms with Crippen molar-refractivity contribution in [1.29, 1.82) is 0 Å². The average Bonchev–Trinajstić information content (AvgIpc) is 2.99. The fourth-order valence-corrected chi connectivity index (χ4v) is 2.93. The highest BCUT2D eigenvalue weighted by molar-refractivity contribution is 5.85. The van der Waals surface area contributed by atoms with Crippen LogP contribution in [0.3, 0.4) is 0 Å². The molecular formula is C16H20N4O3. The van der Waals surface area contributed by atoms with E-state index in [1.807, 2.05) is 17.8 Å². The van der Waals surface area contributed by atoms with Gasteiger partial charge in [0.25, 0.3) is 0 Å². The van der Waals surface area contributed by atoms with Crippen molar-refractivity contribution in [2.45, 2.75) is 18.9 Å². The normalized spacial score (nSPS) is 21.1. The van der Waals surface area contributed by atoms with E-state index >= 15 is 0 Å². The van der Waals surface area contributed by atoms with E-state index in [1.165, 1.54) is 6.07 Å². The molecule has 0 unspecified atom stereocenters. The highest BCUT2D eigenvalue weighted by Gasteiger charge is 2.29. The molecule has 0 saturated carbocycles. The van der Waals surface area contributed by atoms with E-state index in [9.17, 15) is 4.79 Å². The molecule has 2 N–H and O–H groups in total. The smallest absolute Gasteiger partial charge is 0.354 e. The summed E-state index contributed by atoms with van der Waals surface area (Å²) in [6.07, 6.45) is 3.83. The monoisotopic (exact) mass is 316 g/mol. The summed E-state index contributed by atoms with van der Waals surface area (Å²) in [5.74, 6) is -0.170. The van der Waals surface area contributed by atoms with Crippen LogP contribution < -0.4 is 5.32 Å². The van der Waals surface area contributed by atoms with Crippen molar-refractivity contribution < 1.29 is 14.6 Å². The standard InChI is InChI=1S/C16H20N4O3/c1-20-13(7-8-18-20)15-11(4-3-9-23-15)10-17-14-6-2-5-12(19-14)16(21)22/h2,5-8,11,15H,3-4,9-10H2,1H3,(H,17,19)(H,21,22)/t11-,15+/m0/s1. The Kier molecular flexibility index (Phi) is 4.57. The fourth-order valence-electron chi connectivity index (χ4n) is 2.93. The Morgan fingerprint density at radius 3 is 3.09 bits per heavy atom. The van der Waals surface area contributed by atoms with E-state index < -0.39 is 5.97 Å². The van der Waals surface area contributed by atoms with Gasteiger partial charge in [-0.15, -0.1) is 0 Å². The Balaban J connectivity index is 1.69. The number of anilines is 1. The van der Waals surface area contributed by atoms with Crippen LogP contribution in [0.2, 0.25) is 0 Å². The summed E-state index contributed by atoms with van der Waals surface area (Å²) in [4.78, 5) is 15.1. The third kappa shape index (κ3) is 3.50. The second-order valence-electron chi connectivity index (χ2n) is 5.67. The maximum atomic E-state index is 11.0. The largest absolute Gasteiger partial charge is 0.477 e. The lowest BCUT2D eigenvalue weighted by atomic mass is 9.92. The molecule has 3 rings (SSSR count). The molecule has 0 bridgehead atoms. The minimum absolute atomic E-state index is 0.00796. The highest BCUT2D eigenvalue weighted by Crippen LogP contribution is 2.33. The number of aromatic carboxylic acids is 1. The van der Waals surface area contributed by atoms with Crippen molar-refractivity contribution in [2.24, 2.45) is 13.0 Å². The number of hydrogen-bond acceptors (Lipinski definition) is 5. The summed E-state index contributed by atoms with van der Waals surface area (Å²) in [7, 11) is 1.91. The van der Waals surface area contributed by atoms with Crippen LogP contribution in [0.15, 0.2) is 30.5 Å². The summed E-state index contributed by atoms with van der Waals surface area (Å²) in [6.45, 7) is 1.42. The van der Waals surface area contributed by atoms with Crippen LogP contribution in [0.4, 0.5) is 5.82 Å². The molecule has 122 valence electrons. The molecule has 1 saturated heterocycles.